The Bertz CT molecular complexity index is 1220. The number of alkyl halides is 12. The molecule has 0 aliphatic heterocycles. The molecule has 0 saturated heterocycles. The minimum absolute atomic E-state index is 0.176. The number of hydrogen-bond donors (Lipinski definition) is 0. The largest absolute Gasteiger partial charge is 0.392 e. The normalized spacial score (nSPS) is 31.7. The standard InChI is InChI=1S/C9H12F6.C9H15F3.C8H13F3.C8H16.C7H16.2C6H14/c1-5-2-6(8(10,11)12)4-7(3-5)9(13,14)15;1-6-4-3-5-8(7(6)2)9(10,11)12;1-5-3-6(2)7(4-5)8(9,10)11;1-6-4-5-7(2)8(6)3;1-5-6-7(2,3)4;2*1-5-6(2,3)4/h5-7H,2-4H2,1H3;6-8H,3-5H2,1-2H3;5-7H,3-4H2,1-2H3;6-8H,4-5H2,1-3H3;5-6H2,1-4H3;2*5H2,1-4H3/t;6?,7-,8?;5-,6?,7?;;;;/m.10..../s1/i;;;;;5D2;. The van der Waals surface area contributed by atoms with Gasteiger partial charge in [0, 0.05) is 2.74 Å². The van der Waals surface area contributed by atoms with Crippen molar-refractivity contribution in [3.63, 3.8) is 0 Å². The number of halogens is 12. The summed E-state index contributed by atoms with van der Waals surface area (Å²) in [6.45, 7) is 41.1. The minimum Gasteiger partial charge on any atom is -0.171 e. The molecule has 0 bridgehead atoms. The first kappa shape index (κ1) is 64.2. The van der Waals surface area contributed by atoms with E-state index in [9.17, 15) is 52.7 Å². The van der Waals surface area contributed by atoms with Crippen LogP contribution in [0.2, 0.25) is 0 Å². The Morgan fingerprint density at radius 3 is 0.938 bits per heavy atom. The zero-order valence-corrected chi connectivity index (χ0v) is 44.7. The van der Waals surface area contributed by atoms with Crippen molar-refractivity contribution in [2.45, 2.75) is 253 Å². The molecule has 12 heteroatoms. The van der Waals surface area contributed by atoms with Crippen LogP contribution in [0.3, 0.4) is 0 Å². The second-order valence-corrected chi connectivity index (χ2v) is 24.0. The summed E-state index contributed by atoms with van der Waals surface area (Å²) in [7, 11) is 0. The van der Waals surface area contributed by atoms with E-state index < -0.39 is 67.1 Å². The highest BCUT2D eigenvalue weighted by Crippen LogP contribution is 2.48. The maximum Gasteiger partial charge on any atom is 0.392 e. The van der Waals surface area contributed by atoms with Gasteiger partial charge in [-0.25, -0.2) is 0 Å². The Kier molecular flexibility index (Phi) is 29.0. The third-order valence-electron chi connectivity index (χ3n) is 14.2. The van der Waals surface area contributed by atoms with Crippen molar-refractivity contribution in [3.8, 4) is 0 Å². The molecule has 396 valence electrons. The van der Waals surface area contributed by atoms with Gasteiger partial charge in [-0.2, -0.15) is 52.7 Å². The van der Waals surface area contributed by atoms with Gasteiger partial charge in [0.25, 0.3) is 0 Å². The average molecular weight is 967 g/mol. The molecule has 0 heterocycles. The molecule has 4 rings (SSSR count). The predicted molar refractivity (Wildman–Crippen MR) is 252 cm³/mol. The molecule has 0 spiro atoms. The van der Waals surface area contributed by atoms with Crippen molar-refractivity contribution >= 4 is 0 Å². The lowest BCUT2D eigenvalue weighted by atomic mass is 9.73. The maximum atomic E-state index is 12.4. The molecule has 0 radical (unpaired) electrons. The first-order valence-electron chi connectivity index (χ1n) is 25.8. The fourth-order valence-electron chi connectivity index (χ4n) is 8.56. The summed E-state index contributed by atoms with van der Waals surface area (Å²) in [5.41, 5.74) is 0.863. The van der Waals surface area contributed by atoms with Crippen LogP contribution in [-0.4, -0.2) is 24.7 Å². The van der Waals surface area contributed by atoms with E-state index in [0.717, 1.165) is 37.0 Å². The zero-order chi connectivity index (χ0) is 54.1. The summed E-state index contributed by atoms with van der Waals surface area (Å²) in [5.74, 6) is -3.15. The summed E-state index contributed by atoms with van der Waals surface area (Å²) in [4.78, 5) is 0. The van der Waals surface area contributed by atoms with Gasteiger partial charge in [-0.05, 0) is 109 Å². The van der Waals surface area contributed by atoms with Crippen LogP contribution >= 0.6 is 0 Å². The molecule has 0 aromatic heterocycles. The van der Waals surface area contributed by atoms with Crippen molar-refractivity contribution < 1.29 is 55.4 Å². The summed E-state index contributed by atoms with van der Waals surface area (Å²) >= 11 is 0. The Morgan fingerprint density at radius 1 is 0.400 bits per heavy atom. The molecule has 0 N–H and O–H groups in total. The summed E-state index contributed by atoms with van der Waals surface area (Å²) in [5, 5.41) is 0. The third kappa shape index (κ3) is 33.4. The predicted octanol–water partition coefficient (Wildman–Crippen LogP) is 21.4. The van der Waals surface area contributed by atoms with Gasteiger partial charge in [-0.15, -0.1) is 0 Å². The van der Waals surface area contributed by atoms with Crippen molar-refractivity contribution in [2.24, 2.45) is 87.3 Å². The van der Waals surface area contributed by atoms with Crippen LogP contribution in [0.1, 0.15) is 231 Å². The molecular weight excluding hydrogens is 865 g/mol. The van der Waals surface area contributed by atoms with Gasteiger partial charge in [-0.3, -0.25) is 0 Å². The van der Waals surface area contributed by atoms with E-state index in [4.69, 9.17) is 2.74 Å². The van der Waals surface area contributed by atoms with Gasteiger partial charge in [0.2, 0.25) is 0 Å². The number of rotatable bonds is 1. The lowest BCUT2D eigenvalue weighted by molar-refractivity contribution is -0.227. The van der Waals surface area contributed by atoms with Gasteiger partial charge in [0.05, 0.1) is 23.7 Å². The van der Waals surface area contributed by atoms with Crippen molar-refractivity contribution in [1.82, 2.24) is 0 Å². The number of hydrogen-bond acceptors (Lipinski definition) is 0. The van der Waals surface area contributed by atoms with E-state index in [1.165, 1.54) is 39.0 Å². The van der Waals surface area contributed by atoms with Gasteiger partial charge in [0.1, 0.15) is 0 Å². The second kappa shape index (κ2) is 29.4. The molecule has 10 atom stereocenters. The maximum absolute atomic E-state index is 12.4. The molecule has 4 fully saturated rings. The van der Waals surface area contributed by atoms with E-state index in [0.29, 0.717) is 23.7 Å². The van der Waals surface area contributed by atoms with E-state index in [2.05, 4.69) is 76.2 Å². The van der Waals surface area contributed by atoms with E-state index in [-0.39, 0.29) is 41.9 Å². The SMILES string of the molecule is CC1CC(C(F)(F)F)CC(C(F)(F)F)C1.CC1CCC(C)C1C.CC1CCCC(C(F)(F)F)[C@@H]1C.CC1C[C@H](C)CC1C(F)(F)F.CCC(C)(C)C.CCCC(C)(C)C.[2H]C([2H])(C)C(C)(C)C. The van der Waals surface area contributed by atoms with E-state index in [1.54, 1.807) is 20.8 Å². The van der Waals surface area contributed by atoms with Crippen molar-refractivity contribution in [1.29, 1.82) is 0 Å². The van der Waals surface area contributed by atoms with Crippen LogP contribution in [0.4, 0.5) is 52.7 Å². The van der Waals surface area contributed by atoms with Crippen LogP contribution in [0.15, 0.2) is 0 Å². The van der Waals surface area contributed by atoms with E-state index in [1.807, 2.05) is 34.6 Å². The third-order valence-corrected chi connectivity index (χ3v) is 14.2. The quantitative estimate of drug-likeness (QED) is 0.230. The zero-order valence-electron chi connectivity index (χ0n) is 46.7. The van der Waals surface area contributed by atoms with Crippen LogP contribution in [-0.2, 0) is 0 Å². The molecule has 4 aliphatic rings. The van der Waals surface area contributed by atoms with Crippen molar-refractivity contribution in [2.75, 3.05) is 0 Å². The Morgan fingerprint density at radius 2 is 0.754 bits per heavy atom. The van der Waals surface area contributed by atoms with E-state index >= 15 is 0 Å². The summed E-state index contributed by atoms with van der Waals surface area (Å²) in [6.07, 6.45) is -9.29. The van der Waals surface area contributed by atoms with Gasteiger partial charge < -0.3 is 0 Å². The van der Waals surface area contributed by atoms with Gasteiger partial charge in [-0.1, -0.05) is 183 Å². The van der Waals surface area contributed by atoms with Crippen LogP contribution in [0, 0.1) is 87.3 Å². The van der Waals surface area contributed by atoms with Crippen LogP contribution in [0.25, 0.3) is 0 Å². The molecule has 4 aliphatic carbocycles. The fourth-order valence-corrected chi connectivity index (χ4v) is 8.56. The molecule has 4 saturated carbocycles. The van der Waals surface area contributed by atoms with Crippen molar-refractivity contribution in [3.05, 3.63) is 0 Å². The molecule has 0 amide bonds. The molecule has 65 heavy (non-hydrogen) atoms. The Balaban J connectivity index is -0.000000729. The second-order valence-electron chi connectivity index (χ2n) is 24.0. The smallest absolute Gasteiger partial charge is 0.171 e. The molecule has 0 aromatic rings. The first-order chi connectivity index (χ1) is 29.5. The highest BCUT2D eigenvalue weighted by Gasteiger charge is 2.51. The monoisotopic (exact) mass is 967 g/mol. The highest BCUT2D eigenvalue weighted by atomic mass is 19.4. The Hall–Kier alpha value is -0.840. The average Bonchev–Trinajstić information content (AvgIpc) is 3.62. The lowest BCUT2D eigenvalue weighted by Crippen LogP contribution is -2.37. The molecule has 0 aromatic carbocycles. The van der Waals surface area contributed by atoms with Crippen LogP contribution < -0.4 is 0 Å². The van der Waals surface area contributed by atoms with Gasteiger partial charge in [0.15, 0.2) is 0 Å². The lowest BCUT2D eigenvalue weighted by Gasteiger charge is -2.35. The fraction of sp³-hybridized carbons (Fsp3) is 1.00. The molecular formula is C53H100F12. The van der Waals surface area contributed by atoms with Crippen LogP contribution in [0.5, 0.6) is 0 Å². The first-order valence-corrected chi connectivity index (χ1v) is 24.8. The van der Waals surface area contributed by atoms with Gasteiger partial charge >= 0.3 is 24.7 Å². The topological polar surface area (TPSA) is 0 Å². The minimum atomic E-state index is -4.50. The highest BCUT2D eigenvalue weighted by molar-refractivity contribution is 4.85. The molecule has 8 unspecified atom stereocenters. The summed E-state index contributed by atoms with van der Waals surface area (Å²) in [6, 6.07) is 0. The summed E-state index contributed by atoms with van der Waals surface area (Å²) < 4.78 is 162. The molecule has 0 nitrogen and oxygen atoms in total. The Labute approximate surface area is 395 Å².